The van der Waals surface area contributed by atoms with Crippen molar-refractivity contribution in [2.75, 3.05) is 4.90 Å². The quantitative estimate of drug-likeness (QED) is 0.189. The first-order valence-corrected chi connectivity index (χ1v) is 19.1. The van der Waals surface area contributed by atoms with Gasteiger partial charge in [0.25, 0.3) is 0 Å². The minimum Gasteiger partial charge on any atom is -0.310 e. The summed E-state index contributed by atoms with van der Waals surface area (Å²) in [6.07, 6.45) is 9.45. The first-order chi connectivity index (χ1) is 23.8. The van der Waals surface area contributed by atoms with Gasteiger partial charge in [-0.05, 0) is 148 Å². The van der Waals surface area contributed by atoms with Gasteiger partial charge in [0.05, 0.1) is 11.4 Å². The molecule has 246 valence electrons. The lowest BCUT2D eigenvalue weighted by atomic mass is 9.43. The molecule has 1 nitrogen and oxygen atoms in total. The zero-order valence-electron chi connectivity index (χ0n) is 29.7. The van der Waals surface area contributed by atoms with Crippen LogP contribution in [0.3, 0.4) is 0 Å². The molecule has 5 aromatic carbocycles. The Bertz CT molecular complexity index is 2050. The second kappa shape index (κ2) is 10.5. The van der Waals surface area contributed by atoms with Crippen LogP contribution in [-0.2, 0) is 16.2 Å². The van der Waals surface area contributed by atoms with Crippen LogP contribution in [0, 0.1) is 23.7 Å². The molecule has 0 amide bonds. The van der Waals surface area contributed by atoms with Gasteiger partial charge in [-0.3, -0.25) is 0 Å². The van der Waals surface area contributed by atoms with Crippen LogP contribution in [0.25, 0.3) is 22.3 Å². The Balaban J connectivity index is 1.26. The molecule has 49 heavy (non-hydrogen) atoms. The van der Waals surface area contributed by atoms with Gasteiger partial charge >= 0.3 is 0 Å². The highest BCUT2D eigenvalue weighted by Gasteiger charge is 2.62. The maximum absolute atomic E-state index is 2.72. The van der Waals surface area contributed by atoms with E-state index in [0.717, 1.165) is 23.7 Å². The molecular formula is C48H49N. The predicted molar refractivity (Wildman–Crippen MR) is 205 cm³/mol. The molecule has 0 unspecified atom stereocenters. The Labute approximate surface area is 293 Å². The van der Waals surface area contributed by atoms with E-state index in [1.54, 1.807) is 11.1 Å². The normalized spacial score (nSPS) is 27.8. The second-order valence-corrected chi connectivity index (χ2v) is 17.6. The minimum absolute atomic E-state index is 0.0743. The molecule has 0 saturated heterocycles. The molecule has 4 bridgehead atoms. The number of nitrogens with zero attached hydrogens (tertiary/aromatic N) is 1. The summed E-state index contributed by atoms with van der Waals surface area (Å²) in [6.45, 7) is 9.91. The van der Waals surface area contributed by atoms with Gasteiger partial charge in [-0.1, -0.05) is 119 Å². The van der Waals surface area contributed by atoms with Crippen LogP contribution in [0.5, 0.6) is 0 Å². The maximum atomic E-state index is 2.72. The zero-order chi connectivity index (χ0) is 33.1. The topological polar surface area (TPSA) is 3.24 Å². The van der Waals surface area contributed by atoms with Crippen LogP contribution in [0.1, 0.15) is 94.9 Å². The summed E-state index contributed by atoms with van der Waals surface area (Å²) in [5.41, 5.74) is 16.1. The SMILES string of the molecule is CC1(C)CCC(C)(C)c2c(N(c3ccc(-c4ccccc4)cc3)c3cccc4c3C3(c5ccccc5-4)C4CC5CC(C4)CC3C5)cccc21. The van der Waals surface area contributed by atoms with Gasteiger partial charge < -0.3 is 4.90 Å². The molecule has 6 aliphatic rings. The fourth-order valence-electron chi connectivity index (χ4n) is 12.1. The Kier molecular flexibility index (Phi) is 6.36. The number of fused-ring (bicyclic) bond motifs is 4. The monoisotopic (exact) mass is 639 g/mol. The number of hydrogen-bond donors (Lipinski definition) is 0. The number of hydrogen-bond acceptors (Lipinski definition) is 1. The summed E-state index contributed by atoms with van der Waals surface area (Å²) in [7, 11) is 0. The van der Waals surface area contributed by atoms with E-state index >= 15 is 0 Å². The number of anilines is 3. The first-order valence-electron chi connectivity index (χ1n) is 19.1. The van der Waals surface area contributed by atoms with Crippen molar-refractivity contribution in [3.05, 3.63) is 138 Å². The summed E-state index contributed by atoms with van der Waals surface area (Å²) >= 11 is 0. The molecule has 1 spiro atoms. The molecule has 4 fully saturated rings. The highest BCUT2D eigenvalue weighted by Crippen LogP contribution is 2.71. The first kappa shape index (κ1) is 29.8. The van der Waals surface area contributed by atoms with E-state index in [4.69, 9.17) is 0 Å². The standard InChI is InChI=1S/C48H49N/c1-46(2)24-25-47(3,4)45-41(46)17-11-19-43(45)49(37-22-20-34(21-23-37)33-12-6-5-7-13-33)42-18-10-15-39-38-14-8-9-16-40(38)48(44(39)42)35-27-31-26-32(29-35)30-36(48)28-31/h5-23,31-32,35-36H,24-30H2,1-4H3. The number of benzene rings is 5. The Morgan fingerprint density at radius 1 is 0.469 bits per heavy atom. The van der Waals surface area contributed by atoms with Gasteiger partial charge in [0.15, 0.2) is 0 Å². The molecule has 0 heterocycles. The average molecular weight is 640 g/mol. The van der Waals surface area contributed by atoms with Gasteiger partial charge in [0.2, 0.25) is 0 Å². The molecule has 1 heteroatoms. The maximum Gasteiger partial charge on any atom is 0.0509 e. The van der Waals surface area contributed by atoms with Crippen molar-refractivity contribution in [1.29, 1.82) is 0 Å². The highest BCUT2D eigenvalue weighted by molar-refractivity contribution is 5.92. The summed E-state index contributed by atoms with van der Waals surface area (Å²) < 4.78 is 0. The third-order valence-electron chi connectivity index (χ3n) is 14.1. The average Bonchev–Trinajstić information content (AvgIpc) is 3.41. The summed E-state index contributed by atoms with van der Waals surface area (Å²) in [4.78, 5) is 2.72. The fourth-order valence-corrected chi connectivity index (χ4v) is 12.1. The van der Waals surface area contributed by atoms with Crippen molar-refractivity contribution in [3.63, 3.8) is 0 Å². The Morgan fingerprint density at radius 3 is 1.73 bits per heavy atom. The second-order valence-electron chi connectivity index (χ2n) is 17.6. The van der Waals surface area contributed by atoms with Gasteiger partial charge in [0.1, 0.15) is 0 Å². The number of rotatable bonds is 4. The van der Waals surface area contributed by atoms with Gasteiger partial charge in [-0.15, -0.1) is 0 Å². The van der Waals surface area contributed by atoms with Crippen LogP contribution in [0.15, 0.2) is 115 Å². The Morgan fingerprint density at radius 2 is 1.02 bits per heavy atom. The van der Waals surface area contributed by atoms with E-state index in [0.29, 0.717) is 0 Å². The third kappa shape index (κ3) is 4.17. The molecule has 4 saturated carbocycles. The van der Waals surface area contributed by atoms with Crippen molar-refractivity contribution in [2.24, 2.45) is 23.7 Å². The van der Waals surface area contributed by atoms with Crippen LogP contribution in [0.2, 0.25) is 0 Å². The van der Waals surface area contributed by atoms with E-state index in [2.05, 4.69) is 148 Å². The largest absolute Gasteiger partial charge is 0.310 e. The smallest absolute Gasteiger partial charge is 0.0509 e. The molecule has 0 aromatic heterocycles. The molecule has 6 aliphatic carbocycles. The van der Waals surface area contributed by atoms with E-state index in [-0.39, 0.29) is 16.2 Å². The lowest BCUT2D eigenvalue weighted by molar-refractivity contribution is -0.0397. The highest BCUT2D eigenvalue weighted by atomic mass is 15.2. The van der Waals surface area contributed by atoms with E-state index in [1.165, 1.54) is 95.4 Å². The summed E-state index contributed by atoms with van der Waals surface area (Å²) in [5, 5.41) is 0. The molecule has 0 aliphatic heterocycles. The molecule has 0 atom stereocenters. The van der Waals surface area contributed by atoms with E-state index < -0.39 is 0 Å². The summed E-state index contributed by atoms with van der Waals surface area (Å²) in [5.74, 6) is 3.27. The van der Waals surface area contributed by atoms with Gasteiger partial charge in [-0.2, -0.15) is 0 Å². The van der Waals surface area contributed by atoms with E-state index in [9.17, 15) is 0 Å². The Hall–Kier alpha value is -4.10. The molecular weight excluding hydrogens is 591 g/mol. The van der Waals surface area contributed by atoms with Crippen molar-refractivity contribution in [2.45, 2.75) is 88.9 Å². The molecule has 0 radical (unpaired) electrons. The predicted octanol–water partition coefficient (Wildman–Crippen LogP) is 12.9. The summed E-state index contributed by atoms with van der Waals surface area (Å²) in [6, 6.07) is 44.4. The van der Waals surface area contributed by atoms with Gasteiger partial charge in [0, 0.05) is 11.1 Å². The minimum atomic E-state index is 0.0743. The third-order valence-corrected chi connectivity index (χ3v) is 14.1. The lowest BCUT2D eigenvalue weighted by Gasteiger charge is -2.61. The van der Waals surface area contributed by atoms with Crippen molar-refractivity contribution in [1.82, 2.24) is 0 Å². The zero-order valence-corrected chi connectivity index (χ0v) is 29.7. The molecule has 11 rings (SSSR count). The van der Waals surface area contributed by atoms with Crippen molar-refractivity contribution < 1.29 is 0 Å². The van der Waals surface area contributed by atoms with Crippen LogP contribution >= 0.6 is 0 Å². The van der Waals surface area contributed by atoms with Crippen molar-refractivity contribution >= 4 is 17.1 Å². The van der Waals surface area contributed by atoms with E-state index in [1.807, 2.05) is 0 Å². The van der Waals surface area contributed by atoms with Gasteiger partial charge in [-0.25, -0.2) is 0 Å². The van der Waals surface area contributed by atoms with Crippen LogP contribution in [-0.4, -0.2) is 0 Å². The lowest BCUT2D eigenvalue weighted by Crippen LogP contribution is -2.55. The fraction of sp³-hybridized carbons (Fsp3) is 0.375. The molecule has 0 N–H and O–H groups in total. The van der Waals surface area contributed by atoms with Crippen LogP contribution in [0.4, 0.5) is 17.1 Å². The van der Waals surface area contributed by atoms with Crippen molar-refractivity contribution in [3.8, 4) is 22.3 Å². The molecule has 5 aromatic rings. The van der Waals surface area contributed by atoms with Crippen LogP contribution < -0.4 is 4.90 Å².